The third kappa shape index (κ3) is 4.78. The van der Waals surface area contributed by atoms with Gasteiger partial charge in [0.1, 0.15) is 18.5 Å². The quantitative estimate of drug-likeness (QED) is 0.516. The standard InChI is InChI=1S/C23H23NO4S/c1-18-14-21(27-15-22-16-28-22)12-13-23(18)24(20-10-6-3-7-11-20)29(25,26)17-19-8-4-2-5-9-19/h2-14,22H,15-17H2,1H3. The van der Waals surface area contributed by atoms with E-state index in [9.17, 15) is 8.42 Å². The van der Waals surface area contributed by atoms with Crippen LogP contribution in [0.5, 0.6) is 5.75 Å². The third-order valence-corrected chi connectivity index (χ3v) is 6.35. The Bertz CT molecular complexity index is 1060. The maximum Gasteiger partial charge on any atom is 0.243 e. The van der Waals surface area contributed by atoms with Crippen LogP contribution in [0.3, 0.4) is 0 Å². The van der Waals surface area contributed by atoms with Gasteiger partial charge in [-0.15, -0.1) is 0 Å². The van der Waals surface area contributed by atoms with Crippen LogP contribution in [0.2, 0.25) is 0 Å². The second kappa shape index (κ2) is 8.27. The number of sulfonamides is 1. The first-order valence-electron chi connectivity index (χ1n) is 9.50. The van der Waals surface area contributed by atoms with E-state index in [1.54, 1.807) is 24.3 Å². The first-order valence-corrected chi connectivity index (χ1v) is 11.1. The highest BCUT2D eigenvalue weighted by Gasteiger charge is 2.27. The van der Waals surface area contributed by atoms with Gasteiger partial charge in [-0.3, -0.25) is 0 Å². The second-order valence-corrected chi connectivity index (χ2v) is 8.87. The fourth-order valence-electron chi connectivity index (χ4n) is 3.16. The summed E-state index contributed by atoms with van der Waals surface area (Å²) in [5.74, 6) is 0.620. The SMILES string of the molecule is Cc1cc(OCC2CO2)ccc1N(c1ccccc1)S(=O)(=O)Cc1ccccc1. The largest absolute Gasteiger partial charge is 0.491 e. The molecule has 1 atom stereocenters. The number of benzene rings is 3. The molecule has 1 unspecified atom stereocenters. The lowest BCUT2D eigenvalue weighted by Crippen LogP contribution is -2.28. The van der Waals surface area contributed by atoms with E-state index in [2.05, 4.69) is 0 Å². The summed E-state index contributed by atoms with van der Waals surface area (Å²) in [5, 5.41) is 0. The van der Waals surface area contributed by atoms with Gasteiger partial charge in [-0.25, -0.2) is 12.7 Å². The first-order chi connectivity index (χ1) is 14.0. The number of hydrogen-bond acceptors (Lipinski definition) is 4. The summed E-state index contributed by atoms with van der Waals surface area (Å²) in [6.45, 7) is 3.13. The molecule has 150 valence electrons. The van der Waals surface area contributed by atoms with E-state index in [0.29, 0.717) is 23.7 Å². The van der Waals surface area contributed by atoms with Gasteiger partial charge in [0, 0.05) is 0 Å². The second-order valence-electron chi connectivity index (χ2n) is 7.06. The van der Waals surface area contributed by atoms with Gasteiger partial charge in [0.15, 0.2) is 0 Å². The Kier molecular flexibility index (Phi) is 5.56. The molecular formula is C23H23NO4S. The number of rotatable bonds is 8. The van der Waals surface area contributed by atoms with Gasteiger partial charge in [-0.1, -0.05) is 48.5 Å². The predicted octanol–water partition coefficient (Wildman–Crippen LogP) is 4.44. The zero-order valence-corrected chi connectivity index (χ0v) is 17.0. The molecule has 0 N–H and O–H groups in total. The summed E-state index contributed by atoms with van der Waals surface area (Å²) in [5.41, 5.74) is 2.78. The number of para-hydroxylation sites is 1. The number of ether oxygens (including phenoxy) is 2. The van der Waals surface area contributed by atoms with Crippen LogP contribution >= 0.6 is 0 Å². The van der Waals surface area contributed by atoms with Crippen molar-refractivity contribution in [1.82, 2.24) is 0 Å². The smallest absolute Gasteiger partial charge is 0.243 e. The minimum Gasteiger partial charge on any atom is -0.491 e. The van der Waals surface area contributed by atoms with E-state index in [0.717, 1.165) is 17.7 Å². The topological polar surface area (TPSA) is 59.1 Å². The van der Waals surface area contributed by atoms with Crippen LogP contribution in [0.25, 0.3) is 0 Å². The molecule has 6 heteroatoms. The van der Waals surface area contributed by atoms with Crippen molar-refractivity contribution in [2.24, 2.45) is 0 Å². The van der Waals surface area contributed by atoms with Crippen LogP contribution in [-0.2, 0) is 20.5 Å². The highest BCUT2D eigenvalue weighted by molar-refractivity contribution is 7.92. The molecule has 4 rings (SSSR count). The lowest BCUT2D eigenvalue weighted by molar-refractivity contribution is 0.263. The summed E-state index contributed by atoms with van der Waals surface area (Å²) >= 11 is 0. The molecule has 29 heavy (non-hydrogen) atoms. The van der Waals surface area contributed by atoms with Crippen LogP contribution < -0.4 is 9.04 Å². The normalized spacial score (nSPS) is 15.7. The van der Waals surface area contributed by atoms with Crippen molar-refractivity contribution >= 4 is 21.4 Å². The van der Waals surface area contributed by atoms with E-state index < -0.39 is 10.0 Å². The first kappa shape index (κ1) is 19.5. The third-order valence-electron chi connectivity index (χ3n) is 4.69. The monoisotopic (exact) mass is 409 g/mol. The fraction of sp³-hybridized carbons (Fsp3) is 0.217. The van der Waals surface area contributed by atoms with Crippen LogP contribution in [0.15, 0.2) is 78.9 Å². The highest BCUT2D eigenvalue weighted by atomic mass is 32.2. The fourth-order valence-corrected chi connectivity index (χ4v) is 4.85. The molecule has 0 amide bonds. The summed E-state index contributed by atoms with van der Waals surface area (Å²) in [7, 11) is -3.66. The molecule has 0 spiro atoms. The molecule has 1 saturated heterocycles. The van der Waals surface area contributed by atoms with Crippen molar-refractivity contribution in [3.05, 3.63) is 90.0 Å². The molecule has 0 aliphatic carbocycles. The van der Waals surface area contributed by atoms with Gasteiger partial charge >= 0.3 is 0 Å². The van der Waals surface area contributed by atoms with Crippen LogP contribution in [0, 0.1) is 6.92 Å². The molecule has 0 radical (unpaired) electrons. The number of hydrogen-bond donors (Lipinski definition) is 0. The molecule has 1 aliphatic rings. The van der Waals surface area contributed by atoms with Crippen molar-refractivity contribution in [3.63, 3.8) is 0 Å². The van der Waals surface area contributed by atoms with Crippen molar-refractivity contribution in [2.75, 3.05) is 17.5 Å². The number of epoxide rings is 1. The molecule has 3 aromatic rings. The Morgan fingerprint density at radius 3 is 2.28 bits per heavy atom. The minimum absolute atomic E-state index is 0.0839. The molecule has 0 saturated carbocycles. The van der Waals surface area contributed by atoms with Crippen LogP contribution in [-0.4, -0.2) is 27.7 Å². The number of aryl methyl sites for hydroxylation is 1. The van der Waals surface area contributed by atoms with Crippen LogP contribution in [0.4, 0.5) is 11.4 Å². The average Bonchev–Trinajstić information content (AvgIpc) is 3.54. The molecule has 1 fully saturated rings. The Hall–Kier alpha value is -2.83. The number of nitrogens with zero attached hydrogens (tertiary/aromatic N) is 1. The zero-order valence-electron chi connectivity index (χ0n) is 16.2. The van der Waals surface area contributed by atoms with Gasteiger partial charge in [-0.05, 0) is 48.4 Å². The summed E-state index contributed by atoms with van der Waals surface area (Å²) in [6, 6.07) is 23.8. The Morgan fingerprint density at radius 2 is 1.66 bits per heavy atom. The molecule has 5 nitrogen and oxygen atoms in total. The van der Waals surface area contributed by atoms with E-state index in [1.165, 1.54) is 4.31 Å². The van der Waals surface area contributed by atoms with Crippen molar-refractivity contribution in [3.8, 4) is 5.75 Å². The van der Waals surface area contributed by atoms with Gasteiger partial charge in [0.2, 0.25) is 10.0 Å². The van der Waals surface area contributed by atoms with Gasteiger partial charge in [-0.2, -0.15) is 0 Å². The molecule has 1 aliphatic heterocycles. The summed E-state index contributed by atoms with van der Waals surface area (Å²) < 4.78 is 39.2. The Labute approximate surface area is 171 Å². The van der Waals surface area contributed by atoms with Crippen molar-refractivity contribution in [2.45, 2.75) is 18.8 Å². The zero-order chi connectivity index (χ0) is 20.3. The van der Waals surface area contributed by atoms with E-state index in [1.807, 2.05) is 61.5 Å². The predicted molar refractivity (Wildman–Crippen MR) is 114 cm³/mol. The molecule has 1 heterocycles. The Balaban J connectivity index is 1.69. The van der Waals surface area contributed by atoms with Gasteiger partial charge < -0.3 is 9.47 Å². The van der Waals surface area contributed by atoms with Gasteiger partial charge in [0.05, 0.1) is 23.7 Å². The highest BCUT2D eigenvalue weighted by Crippen LogP contribution is 2.34. The molecular weight excluding hydrogens is 386 g/mol. The van der Waals surface area contributed by atoms with E-state index in [-0.39, 0.29) is 11.9 Å². The van der Waals surface area contributed by atoms with Crippen molar-refractivity contribution < 1.29 is 17.9 Å². The maximum absolute atomic E-state index is 13.4. The average molecular weight is 410 g/mol. The minimum atomic E-state index is -3.66. The van der Waals surface area contributed by atoms with Crippen LogP contribution in [0.1, 0.15) is 11.1 Å². The van der Waals surface area contributed by atoms with Crippen molar-refractivity contribution in [1.29, 1.82) is 0 Å². The van der Waals surface area contributed by atoms with E-state index in [4.69, 9.17) is 9.47 Å². The van der Waals surface area contributed by atoms with Gasteiger partial charge in [0.25, 0.3) is 0 Å². The van der Waals surface area contributed by atoms with E-state index >= 15 is 0 Å². The maximum atomic E-state index is 13.4. The molecule has 0 bridgehead atoms. The lowest BCUT2D eigenvalue weighted by Gasteiger charge is -2.26. The number of anilines is 2. The summed E-state index contributed by atoms with van der Waals surface area (Å²) in [4.78, 5) is 0. The molecule has 0 aromatic heterocycles. The lowest BCUT2D eigenvalue weighted by atomic mass is 10.2. The molecule has 3 aromatic carbocycles. The Morgan fingerprint density at radius 1 is 1.00 bits per heavy atom. The summed E-state index contributed by atoms with van der Waals surface area (Å²) in [6.07, 6.45) is 0.169.